The molecule has 3 heterocycles. The fourth-order valence-corrected chi connectivity index (χ4v) is 3.92. The van der Waals surface area contributed by atoms with Crippen molar-refractivity contribution in [2.24, 2.45) is 5.92 Å². The molecule has 2 unspecified atom stereocenters. The number of carbonyl (C=O) groups is 2. The number of para-hydroxylation sites is 1. The lowest BCUT2D eigenvalue weighted by molar-refractivity contribution is -0.123. The van der Waals surface area contributed by atoms with Crippen LogP contribution in [0.2, 0.25) is 0 Å². The summed E-state index contributed by atoms with van der Waals surface area (Å²) in [6.45, 7) is 2.87. The van der Waals surface area contributed by atoms with Crippen LogP contribution in [-0.4, -0.2) is 63.9 Å². The van der Waals surface area contributed by atoms with Gasteiger partial charge in [-0.15, -0.1) is 5.10 Å². The Morgan fingerprint density at radius 1 is 1.18 bits per heavy atom. The number of nitrogens with one attached hydrogen (secondary N) is 2. The van der Waals surface area contributed by atoms with Gasteiger partial charge in [0.1, 0.15) is 0 Å². The fourth-order valence-electron chi connectivity index (χ4n) is 3.92. The van der Waals surface area contributed by atoms with E-state index in [1.807, 2.05) is 35.2 Å². The van der Waals surface area contributed by atoms with Crippen LogP contribution in [0.25, 0.3) is 5.69 Å². The average molecular weight is 382 g/mol. The predicted molar refractivity (Wildman–Crippen MR) is 104 cm³/mol. The van der Waals surface area contributed by atoms with Crippen molar-refractivity contribution in [2.75, 3.05) is 26.2 Å². The molecule has 8 heteroatoms. The summed E-state index contributed by atoms with van der Waals surface area (Å²) < 4.78 is 1.61. The summed E-state index contributed by atoms with van der Waals surface area (Å²) in [6.07, 6.45) is 5.57. The topological polar surface area (TPSA) is 92.2 Å². The van der Waals surface area contributed by atoms with E-state index < -0.39 is 0 Å². The first-order valence-corrected chi connectivity index (χ1v) is 9.99. The Labute approximate surface area is 164 Å². The lowest BCUT2D eigenvalue weighted by atomic mass is 9.97. The highest BCUT2D eigenvalue weighted by molar-refractivity contribution is 5.92. The molecule has 1 aromatic carbocycles. The average Bonchev–Trinajstić information content (AvgIpc) is 3.45. The Kier molecular flexibility index (Phi) is 5.66. The molecule has 8 nitrogen and oxygen atoms in total. The number of hydrogen-bond acceptors (Lipinski definition) is 5. The molecule has 2 aliphatic heterocycles. The van der Waals surface area contributed by atoms with Gasteiger partial charge in [-0.1, -0.05) is 23.4 Å². The van der Waals surface area contributed by atoms with Crippen molar-refractivity contribution in [2.45, 2.75) is 31.7 Å². The number of aromatic nitrogens is 3. The number of rotatable bonds is 5. The summed E-state index contributed by atoms with van der Waals surface area (Å²) in [5.41, 5.74) is 1.22. The fraction of sp³-hybridized carbons (Fsp3) is 0.500. The van der Waals surface area contributed by atoms with E-state index in [1.165, 1.54) is 0 Å². The summed E-state index contributed by atoms with van der Waals surface area (Å²) >= 11 is 0. The van der Waals surface area contributed by atoms with Crippen LogP contribution in [0.3, 0.4) is 0 Å². The maximum absolute atomic E-state index is 12.8. The Morgan fingerprint density at radius 2 is 2.04 bits per heavy atom. The predicted octanol–water partition coefficient (Wildman–Crippen LogP) is 0.988. The van der Waals surface area contributed by atoms with Crippen molar-refractivity contribution in [1.82, 2.24) is 30.5 Å². The molecule has 148 valence electrons. The van der Waals surface area contributed by atoms with E-state index in [0.717, 1.165) is 37.9 Å². The highest BCUT2D eigenvalue weighted by Crippen LogP contribution is 2.18. The van der Waals surface area contributed by atoms with Gasteiger partial charge in [-0.2, -0.15) is 0 Å². The van der Waals surface area contributed by atoms with Gasteiger partial charge in [0.2, 0.25) is 5.91 Å². The monoisotopic (exact) mass is 382 g/mol. The van der Waals surface area contributed by atoms with Crippen LogP contribution in [0.4, 0.5) is 0 Å². The van der Waals surface area contributed by atoms with Gasteiger partial charge in [-0.05, 0) is 50.3 Å². The molecule has 4 rings (SSSR count). The van der Waals surface area contributed by atoms with Crippen molar-refractivity contribution in [3.8, 4) is 5.69 Å². The van der Waals surface area contributed by atoms with E-state index in [0.29, 0.717) is 25.3 Å². The first-order valence-electron chi connectivity index (χ1n) is 9.99. The zero-order chi connectivity index (χ0) is 19.3. The number of amides is 2. The van der Waals surface area contributed by atoms with Crippen molar-refractivity contribution in [3.05, 3.63) is 42.2 Å². The molecule has 0 saturated carbocycles. The van der Waals surface area contributed by atoms with Gasteiger partial charge in [0.25, 0.3) is 5.91 Å². The maximum Gasteiger partial charge on any atom is 0.276 e. The summed E-state index contributed by atoms with van der Waals surface area (Å²) in [7, 11) is 0. The van der Waals surface area contributed by atoms with Crippen molar-refractivity contribution in [1.29, 1.82) is 0 Å². The Balaban J connectivity index is 1.33. The SMILES string of the molecule is O=C(NCC1CCCN(C(=O)c2cn(-c3ccccc3)nn2)C1)C1CCCN1. The molecule has 0 radical (unpaired) electrons. The minimum atomic E-state index is -0.101. The van der Waals surface area contributed by atoms with Gasteiger partial charge in [-0.3, -0.25) is 9.59 Å². The minimum absolute atomic E-state index is 0.0608. The number of piperidine rings is 1. The number of likely N-dealkylation sites (tertiary alicyclic amines) is 1. The Hall–Kier alpha value is -2.74. The van der Waals surface area contributed by atoms with Crippen LogP contribution in [0.5, 0.6) is 0 Å². The van der Waals surface area contributed by atoms with Gasteiger partial charge in [-0.25, -0.2) is 4.68 Å². The second-order valence-electron chi connectivity index (χ2n) is 7.54. The highest BCUT2D eigenvalue weighted by atomic mass is 16.2. The zero-order valence-corrected chi connectivity index (χ0v) is 15.9. The van der Waals surface area contributed by atoms with Crippen LogP contribution >= 0.6 is 0 Å². The van der Waals surface area contributed by atoms with Crippen LogP contribution in [0.1, 0.15) is 36.2 Å². The Morgan fingerprint density at radius 3 is 2.82 bits per heavy atom. The molecule has 0 spiro atoms. The van der Waals surface area contributed by atoms with Crippen LogP contribution < -0.4 is 10.6 Å². The van der Waals surface area contributed by atoms with Crippen molar-refractivity contribution in [3.63, 3.8) is 0 Å². The maximum atomic E-state index is 12.8. The summed E-state index contributed by atoms with van der Waals surface area (Å²) in [6, 6.07) is 9.55. The van der Waals surface area contributed by atoms with E-state index >= 15 is 0 Å². The second-order valence-corrected chi connectivity index (χ2v) is 7.54. The smallest absolute Gasteiger partial charge is 0.276 e. The summed E-state index contributed by atoms with van der Waals surface area (Å²) in [4.78, 5) is 26.9. The van der Waals surface area contributed by atoms with E-state index in [4.69, 9.17) is 0 Å². The number of benzene rings is 1. The quantitative estimate of drug-likeness (QED) is 0.805. The third kappa shape index (κ3) is 4.22. The normalized spacial score (nSPS) is 22.2. The zero-order valence-electron chi connectivity index (χ0n) is 15.9. The molecule has 2 aliphatic rings. The minimum Gasteiger partial charge on any atom is -0.354 e. The van der Waals surface area contributed by atoms with Crippen LogP contribution in [0.15, 0.2) is 36.5 Å². The summed E-state index contributed by atoms with van der Waals surface area (Å²) in [5.74, 6) is 0.245. The van der Waals surface area contributed by atoms with E-state index in [9.17, 15) is 9.59 Å². The lowest BCUT2D eigenvalue weighted by Gasteiger charge is -2.32. The molecule has 2 N–H and O–H groups in total. The molecule has 0 bridgehead atoms. The van der Waals surface area contributed by atoms with Gasteiger partial charge in [0.15, 0.2) is 5.69 Å². The van der Waals surface area contributed by atoms with Crippen molar-refractivity contribution < 1.29 is 9.59 Å². The molecule has 2 aromatic rings. The Bertz CT molecular complexity index is 815. The standard InChI is InChI=1S/C20H26N6O2/c27-19(17-9-4-10-21-17)22-12-15-6-5-11-25(13-15)20(28)18-14-26(24-23-18)16-7-2-1-3-8-16/h1-3,7-8,14-15,17,21H,4-6,9-13H2,(H,22,27). The van der Waals surface area contributed by atoms with Gasteiger partial charge < -0.3 is 15.5 Å². The van der Waals surface area contributed by atoms with Crippen LogP contribution in [0, 0.1) is 5.92 Å². The molecule has 2 amide bonds. The number of carbonyl (C=O) groups excluding carboxylic acids is 2. The highest BCUT2D eigenvalue weighted by Gasteiger charge is 2.28. The van der Waals surface area contributed by atoms with Gasteiger partial charge in [0.05, 0.1) is 17.9 Å². The first-order chi connectivity index (χ1) is 13.7. The molecular weight excluding hydrogens is 356 g/mol. The molecule has 2 saturated heterocycles. The van der Waals surface area contributed by atoms with E-state index in [2.05, 4.69) is 20.9 Å². The molecule has 1 aromatic heterocycles. The number of hydrogen-bond donors (Lipinski definition) is 2. The molecule has 0 aliphatic carbocycles. The third-order valence-corrected chi connectivity index (χ3v) is 5.48. The van der Waals surface area contributed by atoms with Crippen LogP contribution in [-0.2, 0) is 4.79 Å². The molecular formula is C20H26N6O2. The van der Waals surface area contributed by atoms with E-state index in [-0.39, 0.29) is 23.8 Å². The molecule has 2 atom stereocenters. The van der Waals surface area contributed by atoms with Gasteiger partial charge >= 0.3 is 0 Å². The lowest BCUT2D eigenvalue weighted by Crippen LogP contribution is -2.46. The molecule has 2 fully saturated rings. The third-order valence-electron chi connectivity index (χ3n) is 5.48. The number of nitrogens with zero attached hydrogens (tertiary/aromatic N) is 4. The molecule has 28 heavy (non-hydrogen) atoms. The largest absolute Gasteiger partial charge is 0.354 e. The summed E-state index contributed by atoms with van der Waals surface area (Å²) in [5, 5.41) is 14.4. The second kappa shape index (κ2) is 8.52. The van der Waals surface area contributed by atoms with Crippen molar-refractivity contribution >= 4 is 11.8 Å². The first kappa shape index (κ1) is 18.6. The van der Waals surface area contributed by atoms with E-state index in [1.54, 1.807) is 10.9 Å². The van der Waals surface area contributed by atoms with Gasteiger partial charge in [0, 0.05) is 19.6 Å².